The van der Waals surface area contributed by atoms with Gasteiger partial charge in [-0.05, 0) is 24.3 Å². The number of hydrogen-bond donors (Lipinski definition) is 1. The van der Waals surface area contributed by atoms with Crippen molar-refractivity contribution < 1.29 is 9.66 Å². The van der Waals surface area contributed by atoms with E-state index < -0.39 is 4.92 Å². The fraction of sp³-hybridized carbons (Fsp3) is 0.267. The summed E-state index contributed by atoms with van der Waals surface area (Å²) in [4.78, 5) is 17.3. The summed E-state index contributed by atoms with van der Waals surface area (Å²) in [6.45, 7) is 3.04. The van der Waals surface area contributed by atoms with E-state index in [-0.39, 0.29) is 5.69 Å². The Kier molecular flexibility index (Phi) is 4.73. The smallest absolute Gasteiger partial charge is 0.293 e. The van der Waals surface area contributed by atoms with Crippen molar-refractivity contribution in [2.24, 2.45) is 0 Å². The minimum atomic E-state index is -0.414. The van der Waals surface area contributed by atoms with Crippen LogP contribution in [0.25, 0.3) is 0 Å². The van der Waals surface area contributed by atoms with Crippen LogP contribution in [0, 0.1) is 10.1 Å². The van der Waals surface area contributed by atoms with Crippen molar-refractivity contribution in [3.05, 3.63) is 51.1 Å². The van der Waals surface area contributed by atoms with Gasteiger partial charge in [-0.3, -0.25) is 10.1 Å². The third kappa shape index (κ3) is 3.77. The molecule has 2 heterocycles. The summed E-state index contributed by atoms with van der Waals surface area (Å²) < 4.78 is 5.98. The summed E-state index contributed by atoms with van der Waals surface area (Å²) >= 11 is 3.24. The van der Waals surface area contributed by atoms with Crippen LogP contribution in [-0.2, 0) is 4.74 Å². The Morgan fingerprint density at radius 1 is 1.26 bits per heavy atom. The monoisotopic (exact) mass is 378 g/mol. The van der Waals surface area contributed by atoms with Gasteiger partial charge in [0.05, 0.1) is 30.0 Å². The Bertz CT molecular complexity index is 702. The van der Waals surface area contributed by atoms with Gasteiger partial charge in [-0.1, -0.05) is 15.9 Å². The SMILES string of the molecule is O=[N+]([O-])c1cc(Br)ccc1Nc1ccc(N2CCOCC2)nc1. The van der Waals surface area contributed by atoms with Crippen LogP contribution in [0.15, 0.2) is 41.0 Å². The lowest BCUT2D eigenvalue weighted by atomic mass is 10.2. The highest BCUT2D eigenvalue weighted by Gasteiger charge is 2.15. The van der Waals surface area contributed by atoms with Gasteiger partial charge in [-0.2, -0.15) is 0 Å². The molecular formula is C15H15BrN4O3. The van der Waals surface area contributed by atoms with Crippen molar-refractivity contribution in [3.63, 3.8) is 0 Å². The second-order valence-electron chi connectivity index (χ2n) is 5.05. The first-order valence-electron chi connectivity index (χ1n) is 7.13. The lowest BCUT2D eigenvalue weighted by Gasteiger charge is -2.27. The fourth-order valence-electron chi connectivity index (χ4n) is 2.36. The molecule has 3 rings (SSSR count). The molecule has 1 N–H and O–H groups in total. The van der Waals surface area contributed by atoms with Gasteiger partial charge in [-0.15, -0.1) is 0 Å². The maximum Gasteiger partial charge on any atom is 0.293 e. The van der Waals surface area contributed by atoms with Crippen LogP contribution < -0.4 is 10.2 Å². The molecule has 1 aliphatic heterocycles. The maximum atomic E-state index is 11.1. The van der Waals surface area contributed by atoms with E-state index in [0.717, 1.165) is 18.9 Å². The Morgan fingerprint density at radius 2 is 2.04 bits per heavy atom. The third-order valence-corrected chi connectivity index (χ3v) is 4.01. The molecular weight excluding hydrogens is 364 g/mol. The van der Waals surface area contributed by atoms with E-state index in [4.69, 9.17) is 4.74 Å². The maximum absolute atomic E-state index is 11.1. The first-order chi connectivity index (χ1) is 11.1. The molecule has 0 bridgehead atoms. The lowest BCUT2D eigenvalue weighted by Crippen LogP contribution is -2.36. The molecule has 120 valence electrons. The van der Waals surface area contributed by atoms with E-state index in [2.05, 4.69) is 31.1 Å². The van der Waals surface area contributed by atoms with Crippen molar-refractivity contribution in [1.82, 2.24) is 4.98 Å². The summed E-state index contributed by atoms with van der Waals surface area (Å²) in [5.41, 5.74) is 1.14. The molecule has 1 fully saturated rings. The highest BCUT2D eigenvalue weighted by molar-refractivity contribution is 9.10. The lowest BCUT2D eigenvalue weighted by molar-refractivity contribution is -0.384. The predicted molar refractivity (Wildman–Crippen MR) is 91.3 cm³/mol. The van der Waals surface area contributed by atoms with Crippen LogP contribution in [0.1, 0.15) is 0 Å². The Hall–Kier alpha value is -2.19. The van der Waals surface area contributed by atoms with Crippen molar-refractivity contribution in [2.45, 2.75) is 0 Å². The van der Waals surface area contributed by atoms with Crippen LogP contribution >= 0.6 is 15.9 Å². The van der Waals surface area contributed by atoms with E-state index in [0.29, 0.717) is 29.1 Å². The number of ether oxygens (including phenoxy) is 1. The van der Waals surface area contributed by atoms with Crippen molar-refractivity contribution >= 4 is 38.8 Å². The number of aromatic nitrogens is 1. The first-order valence-corrected chi connectivity index (χ1v) is 7.92. The Morgan fingerprint density at radius 3 is 2.70 bits per heavy atom. The summed E-state index contributed by atoms with van der Waals surface area (Å²) in [6.07, 6.45) is 1.68. The van der Waals surface area contributed by atoms with Crippen molar-refractivity contribution in [3.8, 4) is 0 Å². The number of pyridine rings is 1. The number of halogens is 1. The molecule has 2 aromatic rings. The number of nitro benzene ring substituents is 1. The van der Waals surface area contributed by atoms with Crippen LogP contribution in [-0.4, -0.2) is 36.2 Å². The Labute approximate surface area is 141 Å². The van der Waals surface area contributed by atoms with Gasteiger partial charge in [0.25, 0.3) is 5.69 Å². The van der Waals surface area contributed by atoms with Gasteiger partial charge in [0.1, 0.15) is 11.5 Å². The molecule has 1 aliphatic rings. The van der Waals surface area contributed by atoms with E-state index in [1.54, 1.807) is 18.3 Å². The average molecular weight is 379 g/mol. The summed E-state index contributed by atoms with van der Waals surface area (Å²) in [5, 5.41) is 14.2. The molecule has 1 aromatic heterocycles. The largest absolute Gasteiger partial charge is 0.378 e. The number of morpholine rings is 1. The number of anilines is 3. The summed E-state index contributed by atoms with van der Waals surface area (Å²) in [7, 11) is 0. The molecule has 0 atom stereocenters. The third-order valence-electron chi connectivity index (χ3n) is 3.52. The van der Waals surface area contributed by atoms with Gasteiger partial charge in [0, 0.05) is 23.6 Å². The molecule has 0 radical (unpaired) electrons. The molecule has 1 saturated heterocycles. The number of nitrogens with one attached hydrogen (secondary N) is 1. The van der Waals surface area contributed by atoms with Gasteiger partial charge in [-0.25, -0.2) is 4.98 Å². The molecule has 0 amide bonds. The number of nitrogens with zero attached hydrogens (tertiary/aromatic N) is 3. The van der Waals surface area contributed by atoms with Gasteiger partial charge >= 0.3 is 0 Å². The second kappa shape index (κ2) is 6.93. The van der Waals surface area contributed by atoms with Gasteiger partial charge in [0.2, 0.25) is 0 Å². The number of benzene rings is 1. The zero-order valence-electron chi connectivity index (χ0n) is 12.2. The first kappa shape index (κ1) is 15.7. The van der Waals surface area contributed by atoms with Crippen molar-refractivity contribution in [2.75, 3.05) is 36.5 Å². The minimum Gasteiger partial charge on any atom is -0.378 e. The van der Waals surface area contributed by atoms with E-state index in [1.807, 2.05) is 12.1 Å². The van der Waals surface area contributed by atoms with Crippen molar-refractivity contribution in [1.29, 1.82) is 0 Å². The number of rotatable bonds is 4. The van der Waals surface area contributed by atoms with E-state index >= 15 is 0 Å². The second-order valence-corrected chi connectivity index (χ2v) is 5.96. The molecule has 0 saturated carbocycles. The zero-order valence-corrected chi connectivity index (χ0v) is 13.8. The molecule has 8 heteroatoms. The summed E-state index contributed by atoms with van der Waals surface area (Å²) in [6, 6.07) is 8.66. The number of nitro groups is 1. The minimum absolute atomic E-state index is 0.0108. The Balaban J connectivity index is 1.77. The molecule has 23 heavy (non-hydrogen) atoms. The molecule has 0 aliphatic carbocycles. The average Bonchev–Trinajstić information content (AvgIpc) is 2.58. The summed E-state index contributed by atoms with van der Waals surface area (Å²) in [5.74, 6) is 0.879. The van der Waals surface area contributed by atoms with Crippen LogP contribution in [0.5, 0.6) is 0 Å². The van der Waals surface area contributed by atoms with Crippen LogP contribution in [0.3, 0.4) is 0 Å². The normalized spacial score (nSPS) is 14.6. The van der Waals surface area contributed by atoms with Crippen LogP contribution in [0.2, 0.25) is 0 Å². The molecule has 1 aromatic carbocycles. The molecule has 7 nitrogen and oxygen atoms in total. The standard InChI is InChI=1S/C15H15BrN4O3/c16-11-1-3-13(14(9-11)20(21)22)18-12-2-4-15(17-10-12)19-5-7-23-8-6-19/h1-4,9-10,18H,5-8H2. The van der Waals surface area contributed by atoms with Gasteiger partial charge < -0.3 is 15.0 Å². The van der Waals surface area contributed by atoms with E-state index in [1.165, 1.54) is 6.07 Å². The molecule has 0 unspecified atom stereocenters. The van der Waals surface area contributed by atoms with E-state index in [9.17, 15) is 10.1 Å². The zero-order chi connectivity index (χ0) is 16.2. The topological polar surface area (TPSA) is 80.5 Å². The highest BCUT2D eigenvalue weighted by Crippen LogP contribution is 2.30. The predicted octanol–water partition coefficient (Wildman–Crippen LogP) is 3.33. The highest BCUT2D eigenvalue weighted by atomic mass is 79.9. The fourth-order valence-corrected chi connectivity index (χ4v) is 2.71. The van der Waals surface area contributed by atoms with Crippen LogP contribution in [0.4, 0.5) is 22.9 Å². The quantitative estimate of drug-likeness (QED) is 0.648. The van der Waals surface area contributed by atoms with Gasteiger partial charge in [0.15, 0.2) is 0 Å². The number of hydrogen-bond acceptors (Lipinski definition) is 6. The molecule has 0 spiro atoms.